The molecule has 23 heavy (non-hydrogen) atoms. The number of carbonyl (C=O) groups excluding carboxylic acids is 1. The fourth-order valence-electron chi connectivity index (χ4n) is 3.31. The van der Waals surface area contributed by atoms with Crippen molar-refractivity contribution in [2.45, 2.75) is 44.6 Å². The quantitative estimate of drug-likeness (QED) is 0.866. The van der Waals surface area contributed by atoms with Crippen LogP contribution in [0.25, 0.3) is 0 Å². The number of carbonyl (C=O) groups is 1. The van der Waals surface area contributed by atoms with E-state index in [1.165, 1.54) is 12.8 Å². The summed E-state index contributed by atoms with van der Waals surface area (Å²) in [6.07, 6.45) is 7.04. The summed E-state index contributed by atoms with van der Waals surface area (Å²) < 4.78 is 0. The molecule has 1 unspecified atom stereocenters. The third-order valence-electron chi connectivity index (χ3n) is 4.72. The van der Waals surface area contributed by atoms with Crippen LogP contribution in [0.1, 0.15) is 39.0 Å². The third-order valence-corrected chi connectivity index (χ3v) is 4.72. The standard InChI is InChI=1S/C16H24N4O.2ClH/c1-2-16(8-5-9-18-16)15(21)19-13-6-7-14(17-12-13)20-10-3-4-11-20;;/h6-7,12,18H,2-5,8-11H2,1H3,(H,19,21);2*1H. The first-order valence-corrected chi connectivity index (χ1v) is 8.01. The molecule has 0 radical (unpaired) electrons. The molecule has 5 nitrogen and oxygen atoms in total. The smallest absolute Gasteiger partial charge is 0.244 e. The van der Waals surface area contributed by atoms with Gasteiger partial charge in [0.1, 0.15) is 5.82 Å². The number of halogens is 2. The molecule has 3 heterocycles. The lowest BCUT2D eigenvalue weighted by Crippen LogP contribution is -2.50. The predicted molar refractivity (Wildman–Crippen MR) is 99.1 cm³/mol. The molecule has 130 valence electrons. The number of rotatable bonds is 4. The van der Waals surface area contributed by atoms with E-state index in [1.807, 2.05) is 12.1 Å². The highest BCUT2D eigenvalue weighted by Crippen LogP contribution is 2.25. The summed E-state index contributed by atoms with van der Waals surface area (Å²) in [5, 5.41) is 6.37. The van der Waals surface area contributed by atoms with Gasteiger partial charge in [0, 0.05) is 13.1 Å². The molecule has 2 N–H and O–H groups in total. The van der Waals surface area contributed by atoms with Gasteiger partial charge in [-0.25, -0.2) is 4.98 Å². The molecule has 7 heteroatoms. The molecule has 1 aromatic heterocycles. The van der Waals surface area contributed by atoms with E-state index >= 15 is 0 Å². The van der Waals surface area contributed by atoms with E-state index in [4.69, 9.17) is 0 Å². The predicted octanol–water partition coefficient (Wildman–Crippen LogP) is 3.00. The molecule has 2 aliphatic heterocycles. The molecule has 0 aromatic carbocycles. The van der Waals surface area contributed by atoms with Crippen LogP contribution >= 0.6 is 24.8 Å². The van der Waals surface area contributed by atoms with Crippen molar-refractivity contribution < 1.29 is 4.79 Å². The van der Waals surface area contributed by atoms with Gasteiger partial charge in [-0.05, 0) is 50.8 Å². The second kappa shape index (κ2) is 8.71. The lowest BCUT2D eigenvalue weighted by molar-refractivity contribution is -0.122. The van der Waals surface area contributed by atoms with Gasteiger partial charge in [0.2, 0.25) is 5.91 Å². The first-order valence-electron chi connectivity index (χ1n) is 8.01. The zero-order valence-electron chi connectivity index (χ0n) is 13.5. The Labute approximate surface area is 150 Å². The van der Waals surface area contributed by atoms with Crippen LogP contribution in [0.3, 0.4) is 0 Å². The molecule has 3 rings (SSSR count). The first-order chi connectivity index (χ1) is 10.2. The Kier molecular flexibility index (Phi) is 7.58. The number of amides is 1. The SMILES string of the molecule is CCC1(C(=O)Nc2ccc(N3CCCC3)nc2)CCCN1.Cl.Cl. The lowest BCUT2D eigenvalue weighted by atomic mass is 9.93. The van der Waals surface area contributed by atoms with Gasteiger partial charge in [-0.15, -0.1) is 24.8 Å². The Bertz CT molecular complexity index is 497. The van der Waals surface area contributed by atoms with Gasteiger partial charge in [-0.3, -0.25) is 4.79 Å². The minimum atomic E-state index is -0.395. The third kappa shape index (κ3) is 4.28. The number of aromatic nitrogens is 1. The molecule has 2 saturated heterocycles. The molecular weight excluding hydrogens is 335 g/mol. The van der Waals surface area contributed by atoms with Crippen LogP contribution in [0.2, 0.25) is 0 Å². The average Bonchev–Trinajstić information content (AvgIpc) is 3.20. The minimum absolute atomic E-state index is 0. The molecule has 0 aliphatic carbocycles. The van der Waals surface area contributed by atoms with Crippen molar-refractivity contribution in [1.29, 1.82) is 0 Å². The molecule has 1 amide bonds. The lowest BCUT2D eigenvalue weighted by Gasteiger charge is -2.26. The van der Waals surface area contributed by atoms with E-state index in [1.54, 1.807) is 6.20 Å². The minimum Gasteiger partial charge on any atom is -0.357 e. The molecule has 0 bridgehead atoms. The van der Waals surface area contributed by atoms with Crippen LogP contribution in [0.15, 0.2) is 18.3 Å². The number of hydrogen-bond donors (Lipinski definition) is 2. The van der Waals surface area contributed by atoms with E-state index in [-0.39, 0.29) is 30.7 Å². The van der Waals surface area contributed by atoms with Gasteiger partial charge in [-0.2, -0.15) is 0 Å². The fourth-order valence-corrected chi connectivity index (χ4v) is 3.31. The van der Waals surface area contributed by atoms with E-state index in [0.717, 1.165) is 50.4 Å². The number of anilines is 2. The normalized spacial score (nSPS) is 23.1. The summed E-state index contributed by atoms with van der Waals surface area (Å²) in [6, 6.07) is 3.96. The Hall–Kier alpha value is -1.04. The summed E-state index contributed by atoms with van der Waals surface area (Å²) in [5.41, 5.74) is 0.387. The van der Waals surface area contributed by atoms with Crippen LogP contribution in [0.4, 0.5) is 11.5 Å². The van der Waals surface area contributed by atoms with Crippen molar-refractivity contribution in [3.05, 3.63) is 18.3 Å². The van der Waals surface area contributed by atoms with Gasteiger partial charge in [0.15, 0.2) is 0 Å². The zero-order valence-corrected chi connectivity index (χ0v) is 15.1. The Balaban J connectivity index is 0.00000132. The van der Waals surface area contributed by atoms with Crippen LogP contribution in [0, 0.1) is 0 Å². The topological polar surface area (TPSA) is 57.3 Å². The van der Waals surface area contributed by atoms with Crippen molar-refractivity contribution >= 4 is 42.2 Å². The number of nitrogens with one attached hydrogen (secondary N) is 2. The van der Waals surface area contributed by atoms with Gasteiger partial charge in [-0.1, -0.05) is 6.92 Å². The Morgan fingerprint density at radius 1 is 1.30 bits per heavy atom. The summed E-state index contributed by atoms with van der Waals surface area (Å²) in [7, 11) is 0. The van der Waals surface area contributed by atoms with E-state index in [0.29, 0.717) is 0 Å². The first kappa shape index (κ1) is 20.0. The molecule has 2 fully saturated rings. The number of pyridine rings is 1. The highest BCUT2D eigenvalue weighted by atomic mass is 35.5. The van der Waals surface area contributed by atoms with Crippen LogP contribution in [-0.2, 0) is 4.79 Å². The van der Waals surface area contributed by atoms with Crippen LogP contribution < -0.4 is 15.5 Å². The van der Waals surface area contributed by atoms with Gasteiger partial charge in [0.05, 0.1) is 17.4 Å². The summed E-state index contributed by atoms with van der Waals surface area (Å²) in [4.78, 5) is 19.3. The van der Waals surface area contributed by atoms with Crippen molar-refractivity contribution in [2.24, 2.45) is 0 Å². The second-order valence-corrected chi connectivity index (χ2v) is 6.02. The maximum Gasteiger partial charge on any atom is 0.244 e. The Morgan fingerprint density at radius 3 is 2.57 bits per heavy atom. The molecule has 2 aliphatic rings. The fraction of sp³-hybridized carbons (Fsp3) is 0.625. The van der Waals surface area contributed by atoms with Gasteiger partial charge < -0.3 is 15.5 Å². The second-order valence-electron chi connectivity index (χ2n) is 6.02. The average molecular weight is 361 g/mol. The number of hydrogen-bond acceptors (Lipinski definition) is 4. The summed E-state index contributed by atoms with van der Waals surface area (Å²) in [5.74, 6) is 1.08. The maximum atomic E-state index is 12.5. The Morgan fingerprint density at radius 2 is 2.04 bits per heavy atom. The monoisotopic (exact) mass is 360 g/mol. The molecule has 1 aromatic rings. The molecule has 0 spiro atoms. The molecule has 0 saturated carbocycles. The van der Waals surface area contributed by atoms with E-state index in [9.17, 15) is 4.79 Å². The van der Waals surface area contributed by atoms with Crippen molar-refractivity contribution in [3.8, 4) is 0 Å². The van der Waals surface area contributed by atoms with Crippen molar-refractivity contribution in [2.75, 3.05) is 29.9 Å². The van der Waals surface area contributed by atoms with Crippen LogP contribution in [-0.4, -0.2) is 36.1 Å². The van der Waals surface area contributed by atoms with E-state index < -0.39 is 5.54 Å². The maximum absolute atomic E-state index is 12.5. The molecule has 1 atom stereocenters. The highest BCUT2D eigenvalue weighted by molar-refractivity contribution is 5.98. The number of nitrogens with zero attached hydrogens (tertiary/aromatic N) is 2. The van der Waals surface area contributed by atoms with Gasteiger partial charge >= 0.3 is 0 Å². The zero-order chi connectivity index (χ0) is 14.7. The van der Waals surface area contributed by atoms with Crippen molar-refractivity contribution in [3.63, 3.8) is 0 Å². The van der Waals surface area contributed by atoms with Gasteiger partial charge in [0.25, 0.3) is 0 Å². The summed E-state index contributed by atoms with van der Waals surface area (Å²) in [6.45, 7) is 5.16. The van der Waals surface area contributed by atoms with Crippen molar-refractivity contribution in [1.82, 2.24) is 10.3 Å². The van der Waals surface area contributed by atoms with E-state index in [2.05, 4.69) is 27.4 Å². The molecular formula is C16H26Cl2N4O. The van der Waals surface area contributed by atoms with Crippen LogP contribution in [0.5, 0.6) is 0 Å². The summed E-state index contributed by atoms with van der Waals surface area (Å²) >= 11 is 0. The largest absolute Gasteiger partial charge is 0.357 e. The highest BCUT2D eigenvalue weighted by Gasteiger charge is 2.39.